The molecule has 2 heterocycles. The maximum absolute atomic E-state index is 12.7. The number of nitrogens with zero attached hydrogens (tertiary/aromatic N) is 2. The predicted molar refractivity (Wildman–Crippen MR) is 114 cm³/mol. The molecule has 1 saturated heterocycles. The predicted octanol–water partition coefficient (Wildman–Crippen LogP) is 4.17. The van der Waals surface area contributed by atoms with Crippen LogP contribution in [0, 0.1) is 0 Å². The largest absolute Gasteiger partial charge is 0.349 e. The van der Waals surface area contributed by atoms with E-state index in [1.807, 2.05) is 65.5 Å². The summed E-state index contributed by atoms with van der Waals surface area (Å²) >= 11 is 6.14. The van der Waals surface area contributed by atoms with Crippen LogP contribution in [0.3, 0.4) is 0 Å². The monoisotopic (exact) mass is 407 g/mol. The van der Waals surface area contributed by atoms with Crippen LogP contribution in [-0.4, -0.2) is 40.4 Å². The molecule has 2 amide bonds. The van der Waals surface area contributed by atoms with E-state index >= 15 is 0 Å². The Bertz CT molecular complexity index is 991. The summed E-state index contributed by atoms with van der Waals surface area (Å²) in [4.78, 5) is 27.0. The molecule has 1 fully saturated rings. The fourth-order valence-corrected chi connectivity index (χ4v) is 3.81. The summed E-state index contributed by atoms with van der Waals surface area (Å²) in [7, 11) is 0. The maximum atomic E-state index is 12.7. The first-order valence-corrected chi connectivity index (χ1v) is 10.1. The Balaban J connectivity index is 1.32. The van der Waals surface area contributed by atoms with Gasteiger partial charge < -0.3 is 14.8 Å². The molecule has 6 heteroatoms. The Morgan fingerprint density at radius 2 is 1.55 bits per heavy atom. The minimum Gasteiger partial charge on any atom is -0.349 e. The van der Waals surface area contributed by atoms with Crippen LogP contribution in [0.4, 0.5) is 0 Å². The van der Waals surface area contributed by atoms with Crippen LogP contribution in [0.1, 0.15) is 33.6 Å². The van der Waals surface area contributed by atoms with E-state index in [0.29, 0.717) is 29.2 Å². The van der Waals surface area contributed by atoms with Gasteiger partial charge in [-0.15, -0.1) is 0 Å². The summed E-state index contributed by atoms with van der Waals surface area (Å²) in [6, 6.07) is 18.6. The lowest BCUT2D eigenvalue weighted by Crippen LogP contribution is -2.46. The van der Waals surface area contributed by atoms with E-state index < -0.39 is 0 Å². The van der Waals surface area contributed by atoms with Crippen molar-refractivity contribution in [2.45, 2.75) is 18.9 Å². The number of nitrogens with one attached hydrogen (secondary N) is 1. The summed E-state index contributed by atoms with van der Waals surface area (Å²) in [6.45, 7) is 1.20. The van der Waals surface area contributed by atoms with E-state index in [4.69, 9.17) is 11.6 Å². The molecule has 1 N–H and O–H groups in total. The van der Waals surface area contributed by atoms with E-state index in [1.165, 1.54) is 0 Å². The van der Waals surface area contributed by atoms with Crippen LogP contribution < -0.4 is 5.32 Å². The third kappa shape index (κ3) is 4.35. The topological polar surface area (TPSA) is 54.3 Å². The number of rotatable bonds is 4. The van der Waals surface area contributed by atoms with Crippen molar-refractivity contribution in [1.82, 2.24) is 14.8 Å². The van der Waals surface area contributed by atoms with Gasteiger partial charge in [-0.1, -0.05) is 23.7 Å². The highest BCUT2D eigenvalue weighted by molar-refractivity contribution is 6.33. The van der Waals surface area contributed by atoms with Gasteiger partial charge in [0, 0.05) is 42.8 Å². The highest BCUT2D eigenvalue weighted by atomic mass is 35.5. The Labute approximate surface area is 174 Å². The Morgan fingerprint density at radius 1 is 0.897 bits per heavy atom. The summed E-state index contributed by atoms with van der Waals surface area (Å²) in [5.41, 5.74) is 2.17. The zero-order valence-corrected chi connectivity index (χ0v) is 16.7. The van der Waals surface area contributed by atoms with E-state index in [0.717, 1.165) is 18.5 Å². The average molecular weight is 408 g/mol. The number of carbonyl (C=O) groups is 2. The first-order valence-electron chi connectivity index (χ1n) is 9.70. The van der Waals surface area contributed by atoms with Gasteiger partial charge >= 0.3 is 0 Å². The molecule has 0 unspecified atom stereocenters. The second-order valence-corrected chi connectivity index (χ2v) is 7.56. The molecule has 0 atom stereocenters. The minimum absolute atomic E-state index is 0.0547. The lowest BCUT2D eigenvalue weighted by Gasteiger charge is -2.32. The molecule has 5 nitrogen and oxygen atoms in total. The molecule has 1 aromatic heterocycles. The number of benzene rings is 2. The number of piperidine rings is 1. The molecule has 0 bridgehead atoms. The van der Waals surface area contributed by atoms with Gasteiger partial charge in [-0.25, -0.2) is 0 Å². The van der Waals surface area contributed by atoms with Crippen molar-refractivity contribution < 1.29 is 9.59 Å². The van der Waals surface area contributed by atoms with Crippen molar-refractivity contribution in [1.29, 1.82) is 0 Å². The van der Waals surface area contributed by atoms with Crippen molar-refractivity contribution >= 4 is 23.4 Å². The molecular formula is C23H22ClN3O2. The second kappa shape index (κ2) is 8.53. The van der Waals surface area contributed by atoms with Gasteiger partial charge in [0.05, 0.1) is 10.6 Å². The number of halogens is 1. The molecule has 2 aromatic carbocycles. The summed E-state index contributed by atoms with van der Waals surface area (Å²) in [5.74, 6) is -0.138. The van der Waals surface area contributed by atoms with E-state index in [9.17, 15) is 9.59 Å². The number of hydrogen-bond donors (Lipinski definition) is 1. The van der Waals surface area contributed by atoms with Crippen LogP contribution in [0.25, 0.3) is 5.69 Å². The highest BCUT2D eigenvalue weighted by Crippen LogP contribution is 2.20. The first-order chi connectivity index (χ1) is 14.1. The van der Waals surface area contributed by atoms with Gasteiger partial charge in [0.1, 0.15) is 0 Å². The fraction of sp³-hybridized carbons (Fsp3) is 0.217. The Hall–Kier alpha value is -3.05. The van der Waals surface area contributed by atoms with Crippen LogP contribution in [0.2, 0.25) is 5.02 Å². The molecule has 0 saturated carbocycles. The molecule has 3 aromatic rings. The number of carbonyl (C=O) groups excluding carboxylic acids is 2. The van der Waals surface area contributed by atoms with Gasteiger partial charge in [-0.3, -0.25) is 9.59 Å². The Kier molecular flexibility index (Phi) is 5.67. The number of likely N-dealkylation sites (tertiary alicyclic amines) is 1. The van der Waals surface area contributed by atoms with Crippen LogP contribution >= 0.6 is 11.6 Å². The van der Waals surface area contributed by atoms with Crippen molar-refractivity contribution in [3.05, 3.63) is 89.2 Å². The molecule has 0 radical (unpaired) electrons. The molecular weight excluding hydrogens is 386 g/mol. The summed E-state index contributed by atoms with van der Waals surface area (Å²) in [6.07, 6.45) is 5.38. The lowest BCUT2D eigenvalue weighted by atomic mass is 10.0. The molecule has 1 aliphatic rings. The van der Waals surface area contributed by atoms with Crippen molar-refractivity contribution in [2.75, 3.05) is 13.1 Å². The molecule has 1 aliphatic heterocycles. The van der Waals surface area contributed by atoms with Crippen molar-refractivity contribution in [3.8, 4) is 5.69 Å². The smallest absolute Gasteiger partial charge is 0.255 e. The summed E-state index contributed by atoms with van der Waals surface area (Å²) < 4.78 is 1.99. The van der Waals surface area contributed by atoms with E-state index in [2.05, 4.69) is 5.32 Å². The number of aromatic nitrogens is 1. The molecule has 4 rings (SSSR count). The maximum Gasteiger partial charge on any atom is 0.255 e. The molecule has 0 aliphatic carbocycles. The normalized spacial score (nSPS) is 14.6. The second-order valence-electron chi connectivity index (χ2n) is 7.16. The SMILES string of the molecule is O=C(NC1CCN(C(=O)c2ccccc2Cl)CC1)c1ccc(-n2cccc2)cc1. The third-order valence-corrected chi connectivity index (χ3v) is 5.58. The zero-order chi connectivity index (χ0) is 20.2. The van der Waals surface area contributed by atoms with Crippen LogP contribution in [0.5, 0.6) is 0 Å². The van der Waals surface area contributed by atoms with Gasteiger partial charge in [0.2, 0.25) is 0 Å². The van der Waals surface area contributed by atoms with E-state index in [1.54, 1.807) is 17.0 Å². The quantitative estimate of drug-likeness (QED) is 0.705. The third-order valence-electron chi connectivity index (χ3n) is 5.25. The minimum atomic E-state index is -0.0834. The van der Waals surface area contributed by atoms with Gasteiger partial charge in [-0.05, 0) is 61.4 Å². The van der Waals surface area contributed by atoms with Gasteiger partial charge in [0.25, 0.3) is 11.8 Å². The standard InChI is InChI=1S/C23H22ClN3O2/c24-21-6-2-1-5-20(21)23(29)27-15-11-18(12-16-27)25-22(28)17-7-9-19(10-8-17)26-13-3-4-14-26/h1-10,13-14,18H,11-12,15-16H2,(H,25,28). The van der Waals surface area contributed by atoms with Crippen molar-refractivity contribution in [3.63, 3.8) is 0 Å². The Morgan fingerprint density at radius 3 is 2.21 bits per heavy atom. The van der Waals surface area contributed by atoms with Gasteiger partial charge in [-0.2, -0.15) is 0 Å². The molecule has 0 spiro atoms. The molecule has 148 valence electrons. The fourth-order valence-electron chi connectivity index (χ4n) is 3.59. The number of hydrogen-bond acceptors (Lipinski definition) is 2. The first kappa shape index (κ1) is 19.3. The number of amides is 2. The lowest BCUT2D eigenvalue weighted by molar-refractivity contribution is 0.0698. The van der Waals surface area contributed by atoms with E-state index in [-0.39, 0.29) is 17.9 Å². The zero-order valence-electron chi connectivity index (χ0n) is 15.9. The van der Waals surface area contributed by atoms with Crippen LogP contribution in [-0.2, 0) is 0 Å². The highest BCUT2D eigenvalue weighted by Gasteiger charge is 2.25. The van der Waals surface area contributed by atoms with Crippen LogP contribution in [0.15, 0.2) is 73.1 Å². The average Bonchev–Trinajstić information content (AvgIpc) is 3.29. The van der Waals surface area contributed by atoms with Crippen molar-refractivity contribution in [2.24, 2.45) is 0 Å². The summed E-state index contributed by atoms with van der Waals surface area (Å²) in [5, 5.41) is 3.56. The molecule has 29 heavy (non-hydrogen) atoms. The van der Waals surface area contributed by atoms with Gasteiger partial charge in [0.15, 0.2) is 0 Å².